The van der Waals surface area contributed by atoms with Crippen molar-refractivity contribution in [2.45, 2.75) is 18.9 Å². The Hall–Kier alpha value is -0.600. The van der Waals surface area contributed by atoms with Crippen LogP contribution in [0.25, 0.3) is 0 Å². The van der Waals surface area contributed by atoms with E-state index in [9.17, 15) is 9.18 Å². The number of rotatable bonds is 3. The number of nitrogens with one attached hydrogen (secondary N) is 1. The Morgan fingerprint density at radius 3 is 2.78 bits per heavy atom. The summed E-state index contributed by atoms with van der Waals surface area (Å²) in [5.41, 5.74) is 0. The predicted octanol–water partition coefficient (Wildman–Crippen LogP) is 0.480. The Kier molecular flexibility index (Phi) is 2.03. The summed E-state index contributed by atoms with van der Waals surface area (Å²) in [6.45, 7) is -0.239. The van der Waals surface area contributed by atoms with E-state index in [1.54, 1.807) is 0 Å². The van der Waals surface area contributed by atoms with E-state index in [1.165, 1.54) is 0 Å². The van der Waals surface area contributed by atoms with Gasteiger partial charge in [-0.05, 0) is 18.8 Å². The van der Waals surface area contributed by atoms with Gasteiger partial charge in [-0.25, -0.2) is 0 Å². The quantitative estimate of drug-likeness (QED) is 0.554. The molecular formula is C6H10FNO. The van der Waals surface area contributed by atoms with E-state index in [2.05, 4.69) is 5.32 Å². The van der Waals surface area contributed by atoms with E-state index >= 15 is 0 Å². The molecule has 1 fully saturated rings. The number of carbonyl (C=O) groups excluding carboxylic acids is 1. The molecule has 3 heteroatoms. The standard InChI is InChI=1S/C6H10FNO/c7-3-5-1-6(2-5)8-4-9/h4-6H,1-3H2,(H,8,9). The van der Waals surface area contributed by atoms with Gasteiger partial charge in [-0.1, -0.05) is 0 Å². The molecule has 9 heavy (non-hydrogen) atoms. The van der Waals surface area contributed by atoms with Gasteiger partial charge in [0.25, 0.3) is 0 Å². The molecule has 0 heterocycles. The number of hydrogen-bond acceptors (Lipinski definition) is 1. The second-order valence-electron chi connectivity index (χ2n) is 2.47. The van der Waals surface area contributed by atoms with Crippen LogP contribution < -0.4 is 5.32 Å². The molecule has 0 aromatic carbocycles. The maximum atomic E-state index is 11.7. The van der Waals surface area contributed by atoms with Crippen molar-refractivity contribution >= 4 is 6.41 Å². The van der Waals surface area contributed by atoms with Gasteiger partial charge < -0.3 is 5.32 Å². The monoisotopic (exact) mass is 131 g/mol. The third kappa shape index (κ3) is 1.40. The van der Waals surface area contributed by atoms with Crippen LogP contribution in [0.15, 0.2) is 0 Å². The minimum Gasteiger partial charge on any atom is -0.356 e. The molecular weight excluding hydrogens is 121 g/mol. The number of carbonyl (C=O) groups is 1. The highest BCUT2D eigenvalue weighted by Gasteiger charge is 2.27. The van der Waals surface area contributed by atoms with Crippen molar-refractivity contribution in [3.63, 3.8) is 0 Å². The topological polar surface area (TPSA) is 29.1 Å². The Morgan fingerprint density at radius 1 is 1.67 bits per heavy atom. The minimum absolute atomic E-state index is 0.211. The zero-order chi connectivity index (χ0) is 6.69. The summed E-state index contributed by atoms with van der Waals surface area (Å²) < 4.78 is 11.7. The molecule has 0 unspecified atom stereocenters. The van der Waals surface area contributed by atoms with Crippen molar-refractivity contribution in [2.75, 3.05) is 6.67 Å². The highest BCUT2D eigenvalue weighted by atomic mass is 19.1. The summed E-state index contributed by atoms with van der Waals surface area (Å²) in [4.78, 5) is 9.80. The molecule has 1 amide bonds. The van der Waals surface area contributed by atoms with Crippen LogP contribution in [-0.2, 0) is 4.79 Å². The average molecular weight is 131 g/mol. The lowest BCUT2D eigenvalue weighted by Crippen LogP contribution is -2.41. The molecule has 0 aliphatic heterocycles. The Balaban J connectivity index is 2.04. The van der Waals surface area contributed by atoms with Gasteiger partial charge in [0.1, 0.15) is 0 Å². The van der Waals surface area contributed by atoms with Crippen molar-refractivity contribution < 1.29 is 9.18 Å². The predicted molar refractivity (Wildman–Crippen MR) is 31.7 cm³/mol. The number of halogens is 1. The van der Waals surface area contributed by atoms with E-state index in [0.717, 1.165) is 12.8 Å². The molecule has 0 atom stereocenters. The van der Waals surface area contributed by atoms with Gasteiger partial charge in [0.2, 0.25) is 6.41 Å². The smallest absolute Gasteiger partial charge is 0.207 e. The van der Waals surface area contributed by atoms with Crippen molar-refractivity contribution in [3.8, 4) is 0 Å². The third-order valence-corrected chi connectivity index (χ3v) is 1.76. The van der Waals surface area contributed by atoms with Crippen LogP contribution in [0.1, 0.15) is 12.8 Å². The fourth-order valence-corrected chi connectivity index (χ4v) is 1.09. The Morgan fingerprint density at radius 2 is 2.33 bits per heavy atom. The third-order valence-electron chi connectivity index (χ3n) is 1.76. The summed E-state index contributed by atoms with van der Waals surface area (Å²) in [7, 11) is 0. The molecule has 1 aliphatic carbocycles. The first-order chi connectivity index (χ1) is 4.36. The molecule has 1 aliphatic rings. The normalized spacial score (nSPS) is 33.0. The van der Waals surface area contributed by atoms with E-state index in [4.69, 9.17) is 0 Å². The summed E-state index contributed by atoms with van der Waals surface area (Å²) in [5, 5.41) is 2.60. The van der Waals surface area contributed by atoms with Gasteiger partial charge >= 0.3 is 0 Å². The number of hydrogen-bond donors (Lipinski definition) is 1. The van der Waals surface area contributed by atoms with Crippen molar-refractivity contribution in [2.24, 2.45) is 5.92 Å². The van der Waals surface area contributed by atoms with Crippen molar-refractivity contribution in [1.29, 1.82) is 0 Å². The van der Waals surface area contributed by atoms with Gasteiger partial charge in [-0.15, -0.1) is 0 Å². The zero-order valence-electron chi connectivity index (χ0n) is 5.14. The summed E-state index contributed by atoms with van der Waals surface area (Å²) in [6.07, 6.45) is 2.31. The summed E-state index contributed by atoms with van der Waals surface area (Å²) in [6, 6.07) is 0.253. The van der Waals surface area contributed by atoms with Gasteiger partial charge in [0.05, 0.1) is 6.67 Å². The van der Waals surface area contributed by atoms with Gasteiger partial charge in [0, 0.05) is 6.04 Å². The van der Waals surface area contributed by atoms with E-state index in [0.29, 0.717) is 6.41 Å². The first kappa shape index (κ1) is 6.52. The van der Waals surface area contributed by atoms with E-state index < -0.39 is 0 Å². The fourth-order valence-electron chi connectivity index (χ4n) is 1.09. The molecule has 0 aromatic heterocycles. The van der Waals surface area contributed by atoms with Crippen LogP contribution in [0.4, 0.5) is 4.39 Å². The molecule has 1 saturated carbocycles. The maximum Gasteiger partial charge on any atom is 0.207 e. The second kappa shape index (κ2) is 2.80. The van der Waals surface area contributed by atoms with Crippen LogP contribution in [0, 0.1) is 5.92 Å². The van der Waals surface area contributed by atoms with Crippen molar-refractivity contribution in [3.05, 3.63) is 0 Å². The molecule has 0 bridgehead atoms. The molecule has 52 valence electrons. The van der Waals surface area contributed by atoms with E-state index in [-0.39, 0.29) is 18.6 Å². The largest absolute Gasteiger partial charge is 0.356 e. The van der Waals surface area contributed by atoms with E-state index in [1.807, 2.05) is 0 Å². The molecule has 1 rings (SSSR count). The lowest BCUT2D eigenvalue weighted by atomic mass is 9.81. The molecule has 0 spiro atoms. The molecule has 1 N–H and O–H groups in total. The van der Waals surface area contributed by atoms with Crippen LogP contribution in [0.2, 0.25) is 0 Å². The first-order valence-corrected chi connectivity index (χ1v) is 3.12. The first-order valence-electron chi connectivity index (χ1n) is 3.12. The highest BCUT2D eigenvalue weighted by molar-refractivity contribution is 5.46. The minimum atomic E-state index is -0.239. The van der Waals surface area contributed by atoms with Crippen LogP contribution >= 0.6 is 0 Å². The Labute approximate surface area is 53.4 Å². The van der Waals surface area contributed by atoms with Crippen LogP contribution in [0.3, 0.4) is 0 Å². The zero-order valence-corrected chi connectivity index (χ0v) is 5.14. The molecule has 0 radical (unpaired) electrons. The molecule has 2 nitrogen and oxygen atoms in total. The van der Waals surface area contributed by atoms with Crippen LogP contribution in [0.5, 0.6) is 0 Å². The maximum absolute atomic E-state index is 11.7. The molecule has 0 aromatic rings. The highest BCUT2D eigenvalue weighted by Crippen LogP contribution is 2.26. The summed E-state index contributed by atoms with van der Waals surface area (Å²) in [5.74, 6) is 0.211. The van der Waals surface area contributed by atoms with Gasteiger partial charge in [-0.3, -0.25) is 9.18 Å². The average Bonchev–Trinajstić information content (AvgIpc) is 1.77. The Bertz CT molecular complexity index is 101. The number of amides is 1. The summed E-state index contributed by atoms with van der Waals surface area (Å²) >= 11 is 0. The second-order valence-corrected chi connectivity index (χ2v) is 2.47. The van der Waals surface area contributed by atoms with Gasteiger partial charge in [0.15, 0.2) is 0 Å². The fraction of sp³-hybridized carbons (Fsp3) is 0.833. The number of alkyl halides is 1. The van der Waals surface area contributed by atoms with Gasteiger partial charge in [-0.2, -0.15) is 0 Å². The SMILES string of the molecule is O=CNC1CC(CF)C1. The molecule has 0 saturated heterocycles. The lowest BCUT2D eigenvalue weighted by molar-refractivity contribution is -0.111. The van der Waals surface area contributed by atoms with Crippen LogP contribution in [-0.4, -0.2) is 19.1 Å². The van der Waals surface area contributed by atoms with Crippen molar-refractivity contribution in [1.82, 2.24) is 5.32 Å². The lowest BCUT2D eigenvalue weighted by Gasteiger charge is -2.32.